The number of hydrogen-bond acceptors (Lipinski definition) is 4. The van der Waals surface area contributed by atoms with Gasteiger partial charge in [0.15, 0.2) is 0 Å². The lowest BCUT2D eigenvalue weighted by Gasteiger charge is -2.06. The molecule has 4 heteroatoms. The summed E-state index contributed by atoms with van der Waals surface area (Å²) in [6.07, 6.45) is 11.3. The maximum atomic E-state index is 11.5. The van der Waals surface area contributed by atoms with E-state index in [-0.39, 0.29) is 11.9 Å². The molecule has 0 aromatic heterocycles. The van der Waals surface area contributed by atoms with Crippen LogP contribution in [0.15, 0.2) is 0 Å². The first-order chi connectivity index (χ1) is 11.6. The van der Waals surface area contributed by atoms with Crippen LogP contribution in [0.5, 0.6) is 0 Å². The summed E-state index contributed by atoms with van der Waals surface area (Å²) in [5.41, 5.74) is 0. The molecule has 0 aliphatic carbocycles. The number of carbonyl (C=O) groups excluding carboxylic acids is 2. The fourth-order valence-electron chi connectivity index (χ4n) is 2.40. The van der Waals surface area contributed by atoms with Crippen LogP contribution >= 0.6 is 0 Å². The maximum absolute atomic E-state index is 11.5. The number of ether oxygens (including phenoxy) is 2. The van der Waals surface area contributed by atoms with Gasteiger partial charge >= 0.3 is 11.9 Å². The van der Waals surface area contributed by atoms with Crippen molar-refractivity contribution in [3.05, 3.63) is 0 Å². The highest BCUT2D eigenvalue weighted by Crippen LogP contribution is 2.10. The summed E-state index contributed by atoms with van der Waals surface area (Å²) in [6.45, 7) is 7.56. The molecule has 0 fully saturated rings. The molecule has 0 amide bonds. The molecule has 0 saturated heterocycles. The fourth-order valence-corrected chi connectivity index (χ4v) is 2.40. The quantitative estimate of drug-likeness (QED) is 0.277. The van der Waals surface area contributed by atoms with Crippen LogP contribution in [-0.2, 0) is 19.1 Å². The summed E-state index contributed by atoms with van der Waals surface area (Å²) in [6, 6.07) is 0. The minimum absolute atomic E-state index is 0.0615. The molecule has 0 aromatic rings. The highest BCUT2D eigenvalue weighted by atomic mass is 16.5. The second kappa shape index (κ2) is 16.8. The van der Waals surface area contributed by atoms with E-state index >= 15 is 0 Å². The highest BCUT2D eigenvalue weighted by Gasteiger charge is 2.04. The molecular weight excluding hydrogens is 304 g/mol. The first kappa shape index (κ1) is 22.9. The average Bonchev–Trinajstić information content (AvgIpc) is 2.54. The molecule has 0 aromatic carbocycles. The molecule has 0 rings (SSSR count). The van der Waals surface area contributed by atoms with Crippen LogP contribution in [-0.4, -0.2) is 25.2 Å². The minimum Gasteiger partial charge on any atom is -0.466 e. The Balaban J connectivity index is 3.27. The summed E-state index contributed by atoms with van der Waals surface area (Å²) >= 11 is 0. The molecule has 0 atom stereocenters. The van der Waals surface area contributed by atoms with Crippen molar-refractivity contribution in [2.24, 2.45) is 5.92 Å². The molecule has 142 valence electrons. The summed E-state index contributed by atoms with van der Waals surface area (Å²) < 4.78 is 10.3. The van der Waals surface area contributed by atoms with Crippen LogP contribution in [0.4, 0.5) is 0 Å². The van der Waals surface area contributed by atoms with E-state index in [0.29, 0.717) is 32.0 Å². The first-order valence-electron chi connectivity index (χ1n) is 9.87. The van der Waals surface area contributed by atoms with E-state index in [4.69, 9.17) is 9.47 Å². The third-order valence-corrected chi connectivity index (χ3v) is 3.96. The van der Waals surface area contributed by atoms with Crippen molar-refractivity contribution < 1.29 is 19.1 Å². The van der Waals surface area contributed by atoms with Crippen LogP contribution in [0.1, 0.15) is 97.8 Å². The van der Waals surface area contributed by atoms with E-state index in [2.05, 4.69) is 20.8 Å². The second-order valence-electron chi connectivity index (χ2n) is 6.95. The molecule has 0 bridgehead atoms. The monoisotopic (exact) mass is 342 g/mol. The van der Waals surface area contributed by atoms with Gasteiger partial charge in [0.25, 0.3) is 0 Å². The maximum Gasteiger partial charge on any atom is 0.305 e. The Hall–Kier alpha value is -1.06. The smallest absolute Gasteiger partial charge is 0.305 e. The van der Waals surface area contributed by atoms with Gasteiger partial charge in [0.05, 0.1) is 13.2 Å². The number of unbranched alkanes of at least 4 members (excludes halogenated alkanes) is 6. The van der Waals surface area contributed by atoms with E-state index < -0.39 is 0 Å². The van der Waals surface area contributed by atoms with Gasteiger partial charge in [-0.15, -0.1) is 0 Å². The van der Waals surface area contributed by atoms with Crippen molar-refractivity contribution in [2.75, 3.05) is 13.2 Å². The van der Waals surface area contributed by atoms with Crippen LogP contribution in [0, 0.1) is 5.92 Å². The van der Waals surface area contributed by atoms with Crippen molar-refractivity contribution in [1.29, 1.82) is 0 Å². The Bertz CT molecular complexity index is 313. The van der Waals surface area contributed by atoms with E-state index in [1.54, 1.807) is 0 Å². The van der Waals surface area contributed by atoms with Crippen molar-refractivity contribution in [3.8, 4) is 0 Å². The minimum atomic E-state index is -0.0661. The second-order valence-corrected chi connectivity index (χ2v) is 6.95. The third-order valence-electron chi connectivity index (χ3n) is 3.96. The topological polar surface area (TPSA) is 52.6 Å². The van der Waals surface area contributed by atoms with E-state index in [1.165, 1.54) is 0 Å². The lowest BCUT2D eigenvalue weighted by atomic mass is 10.1. The van der Waals surface area contributed by atoms with Crippen LogP contribution in [0.25, 0.3) is 0 Å². The molecule has 0 spiro atoms. The normalized spacial score (nSPS) is 10.8. The van der Waals surface area contributed by atoms with Gasteiger partial charge in [-0.1, -0.05) is 52.9 Å². The van der Waals surface area contributed by atoms with Crippen molar-refractivity contribution in [3.63, 3.8) is 0 Å². The van der Waals surface area contributed by atoms with Gasteiger partial charge in [-0.2, -0.15) is 0 Å². The van der Waals surface area contributed by atoms with Gasteiger partial charge in [0.1, 0.15) is 0 Å². The summed E-state index contributed by atoms with van der Waals surface area (Å²) in [5, 5.41) is 0. The van der Waals surface area contributed by atoms with E-state index in [9.17, 15) is 9.59 Å². The summed E-state index contributed by atoms with van der Waals surface area (Å²) in [5.74, 6) is 0.541. The number of hydrogen-bond donors (Lipinski definition) is 0. The standard InChI is InChI=1S/C20H38O4/c1-4-5-16-23-19(21)14-10-8-6-7-9-11-15-20(22)24-17-12-13-18(2)3/h18H,4-17H2,1-3H3. The van der Waals surface area contributed by atoms with Crippen LogP contribution < -0.4 is 0 Å². The first-order valence-corrected chi connectivity index (χ1v) is 9.87. The largest absolute Gasteiger partial charge is 0.466 e. The van der Waals surface area contributed by atoms with Crippen molar-refractivity contribution in [1.82, 2.24) is 0 Å². The Morgan fingerprint density at radius 1 is 0.708 bits per heavy atom. The van der Waals surface area contributed by atoms with Crippen LogP contribution in [0.2, 0.25) is 0 Å². The van der Waals surface area contributed by atoms with Gasteiger partial charge < -0.3 is 9.47 Å². The highest BCUT2D eigenvalue weighted by molar-refractivity contribution is 5.69. The number of rotatable bonds is 16. The predicted molar refractivity (Wildman–Crippen MR) is 97.8 cm³/mol. The Morgan fingerprint density at radius 2 is 1.17 bits per heavy atom. The van der Waals surface area contributed by atoms with E-state index in [1.807, 2.05) is 0 Å². The zero-order chi connectivity index (χ0) is 18.0. The lowest BCUT2D eigenvalue weighted by Crippen LogP contribution is -2.06. The Labute approximate surface area is 148 Å². The molecule has 24 heavy (non-hydrogen) atoms. The van der Waals surface area contributed by atoms with Crippen LogP contribution in [0.3, 0.4) is 0 Å². The molecule has 0 radical (unpaired) electrons. The molecular formula is C20H38O4. The molecule has 4 nitrogen and oxygen atoms in total. The van der Waals surface area contributed by atoms with Crippen molar-refractivity contribution >= 4 is 11.9 Å². The average molecular weight is 343 g/mol. The summed E-state index contributed by atoms with van der Waals surface area (Å²) in [4.78, 5) is 22.9. The van der Waals surface area contributed by atoms with Gasteiger partial charge in [0.2, 0.25) is 0 Å². The molecule has 0 N–H and O–H groups in total. The fraction of sp³-hybridized carbons (Fsp3) is 0.900. The third kappa shape index (κ3) is 17.3. The molecule has 0 saturated carbocycles. The zero-order valence-corrected chi connectivity index (χ0v) is 16.1. The summed E-state index contributed by atoms with van der Waals surface area (Å²) in [7, 11) is 0. The van der Waals surface area contributed by atoms with Gasteiger partial charge in [0, 0.05) is 12.8 Å². The molecule has 0 aliphatic heterocycles. The molecule has 0 heterocycles. The Kier molecular flexibility index (Phi) is 16.0. The lowest BCUT2D eigenvalue weighted by molar-refractivity contribution is -0.144. The molecule has 0 unspecified atom stereocenters. The van der Waals surface area contributed by atoms with Crippen molar-refractivity contribution in [2.45, 2.75) is 97.8 Å². The SMILES string of the molecule is CCCCOC(=O)CCCCCCCCC(=O)OCCCC(C)C. The van der Waals surface area contributed by atoms with Gasteiger partial charge in [-0.05, 0) is 38.0 Å². The number of esters is 2. The molecule has 0 aliphatic rings. The Morgan fingerprint density at radius 3 is 1.62 bits per heavy atom. The van der Waals surface area contributed by atoms with Gasteiger partial charge in [-0.25, -0.2) is 0 Å². The zero-order valence-electron chi connectivity index (χ0n) is 16.1. The van der Waals surface area contributed by atoms with Gasteiger partial charge in [-0.3, -0.25) is 9.59 Å². The predicted octanol–water partition coefficient (Wildman–Crippen LogP) is 5.43. The number of carbonyl (C=O) groups is 2. The van der Waals surface area contributed by atoms with E-state index in [0.717, 1.165) is 64.2 Å².